The molecule has 2 rings (SSSR count). The molecule has 1 heteroatoms. The Bertz CT molecular complexity index is 490. The molecule has 1 aliphatic rings. The van der Waals surface area contributed by atoms with Gasteiger partial charge in [0.15, 0.2) is 0 Å². The van der Waals surface area contributed by atoms with Crippen molar-refractivity contribution >= 4 is 5.69 Å². The summed E-state index contributed by atoms with van der Waals surface area (Å²) in [6.07, 6.45) is 3.54. The number of hydrogen-bond acceptors (Lipinski definition) is 1. The van der Waals surface area contributed by atoms with E-state index in [1.165, 1.54) is 36.2 Å². The summed E-state index contributed by atoms with van der Waals surface area (Å²) in [5.74, 6) is 7.27. The lowest BCUT2D eigenvalue weighted by molar-refractivity contribution is 0.625. The van der Waals surface area contributed by atoms with Crippen molar-refractivity contribution in [3.63, 3.8) is 0 Å². The molecule has 1 atom stereocenters. The molecule has 0 bridgehead atoms. The molecule has 1 aliphatic heterocycles. The van der Waals surface area contributed by atoms with Crippen LogP contribution in [0.25, 0.3) is 0 Å². The van der Waals surface area contributed by atoms with Gasteiger partial charge in [-0.15, -0.1) is 0 Å². The molecular formula is C18H25N. The van der Waals surface area contributed by atoms with Crippen LogP contribution in [-0.4, -0.2) is 12.6 Å². The third-order valence-corrected chi connectivity index (χ3v) is 3.98. The van der Waals surface area contributed by atoms with Crippen LogP contribution in [0.5, 0.6) is 0 Å². The zero-order chi connectivity index (χ0) is 13.8. The number of rotatable bonds is 2. The highest BCUT2D eigenvalue weighted by molar-refractivity contribution is 5.62. The van der Waals surface area contributed by atoms with Crippen molar-refractivity contribution in [1.82, 2.24) is 0 Å². The van der Waals surface area contributed by atoms with E-state index in [1.807, 2.05) is 0 Å². The number of hydrogen-bond donors (Lipinski definition) is 0. The first kappa shape index (κ1) is 14.0. The Kier molecular flexibility index (Phi) is 4.53. The third kappa shape index (κ3) is 3.13. The Morgan fingerprint density at radius 3 is 2.74 bits per heavy atom. The van der Waals surface area contributed by atoms with Gasteiger partial charge >= 0.3 is 0 Å². The fourth-order valence-corrected chi connectivity index (χ4v) is 2.61. The van der Waals surface area contributed by atoms with Gasteiger partial charge in [0.05, 0.1) is 0 Å². The molecule has 0 aliphatic carbocycles. The van der Waals surface area contributed by atoms with E-state index in [4.69, 9.17) is 0 Å². The van der Waals surface area contributed by atoms with Crippen molar-refractivity contribution in [1.29, 1.82) is 0 Å². The summed E-state index contributed by atoms with van der Waals surface area (Å²) in [4.78, 5) is 2.51. The van der Waals surface area contributed by atoms with Crippen molar-refractivity contribution in [2.24, 2.45) is 5.92 Å². The molecule has 0 spiro atoms. The maximum absolute atomic E-state index is 3.41. The minimum absolute atomic E-state index is 0.487. The second kappa shape index (κ2) is 6.15. The largest absolute Gasteiger partial charge is 0.369 e. The third-order valence-electron chi connectivity index (χ3n) is 3.98. The van der Waals surface area contributed by atoms with Crippen LogP contribution in [0.3, 0.4) is 0 Å². The molecule has 19 heavy (non-hydrogen) atoms. The maximum atomic E-state index is 3.41. The smallest absolute Gasteiger partial charge is 0.0413 e. The van der Waals surface area contributed by atoms with E-state index in [1.54, 1.807) is 0 Å². The summed E-state index contributed by atoms with van der Waals surface area (Å²) in [7, 11) is 0. The molecule has 0 amide bonds. The molecule has 0 saturated heterocycles. The van der Waals surface area contributed by atoms with Crippen molar-refractivity contribution < 1.29 is 0 Å². The van der Waals surface area contributed by atoms with Crippen LogP contribution in [0.2, 0.25) is 0 Å². The van der Waals surface area contributed by atoms with Crippen molar-refractivity contribution in [3.05, 3.63) is 29.3 Å². The lowest BCUT2D eigenvalue weighted by Gasteiger charge is -2.35. The molecule has 0 aromatic heterocycles. The number of benzene rings is 1. The van der Waals surface area contributed by atoms with Gasteiger partial charge in [-0.1, -0.05) is 31.8 Å². The van der Waals surface area contributed by atoms with Gasteiger partial charge < -0.3 is 4.90 Å². The van der Waals surface area contributed by atoms with E-state index in [0.717, 1.165) is 6.42 Å². The molecule has 1 nitrogen and oxygen atoms in total. The Morgan fingerprint density at radius 1 is 1.26 bits per heavy atom. The van der Waals surface area contributed by atoms with E-state index < -0.39 is 0 Å². The van der Waals surface area contributed by atoms with Crippen molar-refractivity contribution in [3.8, 4) is 11.8 Å². The average Bonchev–Trinajstić information content (AvgIpc) is 2.43. The van der Waals surface area contributed by atoms with Gasteiger partial charge in [-0.3, -0.25) is 0 Å². The molecule has 0 N–H and O–H groups in total. The molecule has 102 valence electrons. The monoisotopic (exact) mass is 255 g/mol. The van der Waals surface area contributed by atoms with Crippen LogP contribution in [0, 0.1) is 17.8 Å². The Balaban J connectivity index is 2.37. The summed E-state index contributed by atoms with van der Waals surface area (Å²) in [5.41, 5.74) is 4.10. The van der Waals surface area contributed by atoms with Crippen LogP contribution in [0.15, 0.2) is 18.2 Å². The van der Waals surface area contributed by atoms with E-state index in [-0.39, 0.29) is 0 Å². The highest BCUT2D eigenvalue weighted by atomic mass is 15.2. The van der Waals surface area contributed by atoms with Gasteiger partial charge in [-0.05, 0) is 50.8 Å². The predicted octanol–water partition coefficient (Wildman–Crippen LogP) is 4.25. The summed E-state index contributed by atoms with van der Waals surface area (Å²) < 4.78 is 0. The Morgan fingerprint density at radius 2 is 2.05 bits per heavy atom. The van der Waals surface area contributed by atoms with Gasteiger partial charge in [0, 0.05) is 29.8 Å². The van der Waals surface area contributed by atoms with E-state index in [2.05, 4.69) is 62.6 Å². The summed E-state index contributed by atoms with van der Waals surface area (Å²) >= 11 is 0. The quantitative estimate of drug-likeness (QED) is 0.714. The molecular weight excluding hydrogens is 230 g/mol. The van der Waals surface area contributed by atoms with E-state index in [9.17, 15) is 0 Å². The molecule has 1 aromatic rings. The average molecular weight is 255 g/mol. The molecule has 1 heterocycles. The fourth-order valence-electron chi connectivity index (χ4n) is 2.61. The minimum atomic E-state index is 0.487. The highest BCUT2D eigenvalue weighted by Gasteiger charge is 2.20. The molecule has 1 unspecified atom stereocenters. The lowest BCUT2D eigenvalue weighted by atomic mass is 9.95. The Hall–Kier alpha value is -1.42. The standard InChI is InChI=1S/C18H25N/c1-5-15(4)11-12-16-8-6-10-18-17(16)9-7-13-19(18)14(2)3/h6,8,10,14-15H,5,7,9,13H2,1-4H3. The summed E-state index contributed by atoms with van der Waals surface area (Å²) in [6, 6.07) is 7.15. The van der Waals surface area contributed by atoms with Crippen LogP contribution < -0.4 is 4.90 Å². The van der Waals surface area contributed by atoms with Crippen LogP contribution in [-0.2, 0) is 6.42 Å². The number of fused-ring (bicyclic) bond motifs is 1. The maximum Gasteiger partial charge on any atom is 0.0413 e. The lowest BCUT2D eigenvalue weighted by Crippen LogP contribution is -2.35. The minimum Gasteiger partial charge on any atom is -0.369 e. The van der Waals surface area contributed by atoms with Gasteiger partial charge in [0.25, 0.3) is 0 Å². The van der Waals surface area contributed by atoms with Gasteiger partial charge in [-0.2, -0.15) is 0 Å². The molecule has 0 saturated carbocycles. The Labute approximate surface area is 118 Å². The first-order valence-electron chi connectivity index (χ1n) is 7.53. The van der Waals surface area contributed by atoms with Gasteiger partial charge in [-0.25, -0.2) is 0 Å². The second-order valence-electron chi connectivity index (χ2n) is 5.77. The normalized spacial score (nSPS) is 15.7. The van der Waals surface area contributed by atoms with Gasteiger partial charge in [0.1, 0.15) is 0 Å². The fraction of sp³-hybridized carbons (Fsp3) is 0.556. The SMILES string of the molecule is CCC(C)C#Cc1cccc2c1CCCN2C(C)C. The van der Waals surface area contributed by atoms with Crippen molar-refractivity contribution in [2.45, 2.75) is 53.0 Å². The summed E-state index contributed by atoms with van der Waals surface area (Å²) in [5, 5.41) is 0. The molecule has 0 radical (unpaired) electrons. The van der Waals surface area contributed by atoms with E-state index >= 15 is 0 Å². The van der Waals surface area contributed by atoms with Gasteiger partial charge in [0.2, 0.25) is 0 Å². The number of nitrogens with zero attached hydrogens (tertiary/aromatic N) is 1. The van der Waals surface area contributed by atoms with Crippen LogP contribution in [0.4, 0.5) is 5.69 Å². The van der Waals surface area contributed by atoms with Crippen molar-refractivity contribution in [2.75, 3.05) is 11.4 Å². The first-order valence-corrected chi connectivity index (χ1v) is 7.53. The molecule has 0 fully saturated rings. The predicted molar refractivity (Wildman–Crippen MR) is 83.6 cm³/mol. The zero-order valence-corrected chi connectivity index (χ0v) is 12.7. The summed E-state index contributed by atoms with van der Waals surface area (Å²) in [6.45, 7) is 10.1. The van der Waals surface area contributed by atoms with E-state index in [0.29, 0.717) is 12.0 Å². The topological polar surface area (TPSA) is 3.24 Å². The zero-order valence-electron chi connectivity index (χ0n) is 12.7. The number of anilines is 1. The first-order chi connectivity index (χ1) is 9.13. The molecule has 1 aromatic carbocycles. The van der Waals surface area contributed by atoms with Crippen LogP contribution >= 0.6 is 0 Å². The highest BCUT2D eigenvalue weighted by Crippen LogP contribution is 2.30. The second-order valence-corrected chi connectivity index (χ2v) is 5.77. The van der Waals surface area contributed by atoms with Crippen LogP contribution in [0.1, 0.15) is 51.7 Å².